The number of halogens is 1. The van der Waals surface area contributed by atoms with Crippen molar-refractivity contribution in [2.24, 2.45) is 0 Å². The fourth-order valence-corrected chi connectivity index (χ4v) is 2.07. The van der Waals surface area contributed by atoms with Gasteiger partial charge in [-0.3, -0.25) is 0 Å². The van der Waals surface area contributed by atoms with E-state index in [9.17, 15) is 8.42 Å². The standard InChI is InChI=1S/C7H16BrNO2S/c1-9(2)12(10,11)7-5-3-4-6-8/h3-7H2,1-2H3. The highest BCUT2D eigenvalue weighted by Crippen LogP contribution is 2.03. The number of hydrogen-bond donors (Lipinski definition) is 0. The summed E-state index contributed by atoms with van der Waals surface area (Å²) in [5.74, 6) is 0.271. The van der Waals surface area contributed by atoms with Gasteiger partial charge in [0.1, 0.15) is 0 Å². The molecule has 0 aliphatic rings. The van der Waals surface area contributed by atoms with Crippen molar-refractivity contribution in [3.05, 3.63) is 0 Å². The van der Waals surface area contributed by atoms with E-state index >= 15 is 0 Å². The van der Waals surface area contributed by atoms with E-state index in [1.54, 1.807) is 14.1 Å². The topological polar surface area (TPSA) is 37.4 Å². The molecule has 0 amide bonds. The molecule has 0 N–H and O–H groups in total. The minimum atomic E-state index is -2.96. The molecule has 0 bridgehead atoms. The Balaban J connectivity index is 3.63. The molecule has 0 aromatic carbocycles. The summed E-state index contributed by atoms with van der Waals surface area (Å²) in [4.78, 5) is 0. The lowest BCUT2D eigenvalue weighted by Crippen LogP contribution is -2.24. The minimum absolute atomic E-state index is 0.271. The van der Waals surface area contributed by atoms with Crippen LogP contribution in [0.15, 0.2) is 0 Å². The largest absolute Gasteiger partial charge is 0.213 e. The first-order valence-electron chi connectivity index (χ1n) is 3.97. The second-order valence-corrected chi connectivity index (χ2v) is 5.94. The Hall–Kier alpha value is 0.390. The van der Waals surface area contributed by atoms with Crippen molar-refractivity contribution >= 4 is 26.0 Å². The van der Waals surface area contributed by atoms with E-state index in [0.717, 1.165) is 24.6 Å². The molecule has 0 aliphatic carbocycles. The van der Waals surface area contributed by atoms with E-state index in [4.69, 9.17) is 0 Å². The zero-order chi connectivity index (χ0) is 9.61. The third-order valence-corrected chi connectivity index (χ3v) is 4.07. The first-order valence-corrected chi connectivity index (χ1v) is 6.70. The number of unbranched alkanes of at least 4 members (excludes halogenated alkanes) is 2. The highest BCUT2D eigenvalue weighted by atomic mass is 79.9. The first-order chi connectivity index (χ1) is 5.50. The Morgan fingerprint density at radius 2 is 1.75 bits per heavy atom. The molecule has 12 heavy (non-hydrogen) atoms. The predicted molar refractivity (Wildman–Crippen MR) is 55.1 cm³/mol. The van der Waals surface area contributed by atoms with Crippen molar-refractivity contribution in [3.8, 4) is 0 Å². The number of alkyl halides is 1. The summed E-state index contributed by atoms with van der Waals surface area (Å²) in [6.45, 7) is 0. The lowest BCUT2D eigenvalue weighted by molar-refractivity contribution is 0.517. The molecule has 0 aliphatic heterocycles. The van der Waals surface area contributed by atoms with Crippen LogP contribution in [0.2, 0.25) is 0 Å². The van der Waals surface area contributed by atoms with Crippen molar-refractivity contribution in [2.45, 2.75) is 19.3 Å². The lowest BCUT2D eigenvalue weighted by Gasteiger charge is -2.10. The van der Waals surface area contributed by atoms with Gasteiger partial charge in [-0.25, -0.2) is 12.7 Å². The van der Waals surface area contributed by atoms with Crippen LogP contribution in [0.5, 0.6) is 0 Å². The van der Waals surface area contributed by atoms with Crippen molar-refractivity contribution in [3.63, 3.8) is 0 Å². The van der Waals surface area contributed by atoms with Crippen LogP contribution in [-0.4, -0.2) is 37.9 Å². The van der Waals surface area contributed by atoms with Crippen LogP contribution in [-0.2, 0) is 10.0 Å². The summed E-state index contributed by atoms with van der Waals surface area (Å²) in [6, 6.07) is 0. The van der Waals surface area contributed by atoms with Gasteiger partial charge in [-0.05, 0) is 12.8 Å². The third-order valence-electron chi connectivity index (χ3n) is 1.59. The maximum Gasteiger partial charge on any atom is 0.213 e. The number of nitrogens with zero attached hydrogens (tertiary/aromatic N) is 1. The molecule has 0 fully saturated rings. The maximum atomic E-state index is 11.2. The number of rotatable bonds is 6. The summed E-state index contributed by atoms with van der Waals surface area (Å²) < 4.78 is 23.7. The van der Waals surface area contributed by atoms with E-state index in [0.29, 0.717) is 0 Å². The zero-order valence-corrected chi connectivity index (χ0v) is 9.99. The molecule has 0 rings (SSSR count). The molecule has 5 heteroatoms. The molecule has 0 heterocycles. The van der Waals surface area contributed by atoms with Gasteiger partial charge < -0.3 is 0 Å². The second-order valence-electron chi connectivity index (χ2n) is 2.85. The highest BCUT2D eigenvalue weighted by molar-refractivity contribution is 9.09. The Kier molecular flexibility index (Phi) is 6.13. The monoisotopic (exact) mass is 257 g/mol. The van der Waals surface area contributed by atoms with Crippen LogP contribution >= 0.6 is 15.9 Å². The summed E-state index contributed by atoms with van der Waals surface area (Å²) in [5.41, 5.74) is 0. The Morgan fingerprint density at radius 3 is 2.17 bits per heavy atom. The van der Waals surface area contributed by atoms with Crippen LogP contribution < -0.4 is 0 Å². The lowest BCUT2D eigenvalue weighted by atomic mass is 10.3. The van der Waals surface area contributed by atoms with Gasteiger partial charge >= 0.3 is 0 Å². The Morgan fingerprint density at radius 1 is 1.17 bits per heavy atom. The summed E-state index contributed by atoms with van der Waals surface area (Å²) in [6.07, 6.45) is 2.77. The average molecular weight is 258 g/mol. The Bertz CT molecular complexity index is 201. The molecule has 3 nitrogen and oxygen atoms in total. The van der Waals surface area contributed by atoms with E-state index in [1.165, 1.54) is 4.31 Å². The fourth-order valence-electron chi connectivity index (χ4n) is 0.738. The van der Waals surface area contributed by atoms with Gasteiger partial charge in [-0.2, -0.15) is 0 Å². The summed E-state index contributed by atoms with van der Waals surface area (Å²) >= 11 is 3.30. The van der Waals surface area contributed by atoms with Gasteiger partial charge in [0.25, 0.3) is 0 Å². The van der Waals surface area contributed by atoms with Crippen molar-refractivity contribution < 1.29 is 8.42 Å². The fraction of sp³-hybridized carbons (Fsp3) is 1.00. The summed E-state index contributed by atoms with van der Waals surface area (Å²) in [7, 11) is 0.178. The highest BCUT2D eigenvalue weighted by Gasteiger charge is 2.11. The molecule has 0 radical (unpaired) electrons. The molecular weight excluding hydrogens is 242 g/mol. The predicted octanol–water partition coefficient (Wildman–Crippen LogP) is 1.44. The van der Waals surface area contributed by atoms with Crippen LogP contribution in [0.1, 0.15) is 19.3 Å². The number of sulfonamides is 1. The van der Waals surface area contributed by atoms with Crippen molar-refractivity contribution in [2.75, 3.05) is 25.2 Å². The van der Waals surface area contributed by atoms with Crippen molar-refractivity contribution in [1.29, 1.82) is 0 Å². The van der Waals surface area contributed by atoms with Crippen LogP contribution in [0, 0.1) is 0 Å². The molecule has 0 atom stereocenters. The minimum Gasteiger partial charge on any atom is -0.212 e. The van der Waals surface area contributed by atoms with Crippen LogP contribution in [0.25, 0.3) is 0 Å². The smallest absolute Gasteiger partial charge is 0.212 e. The normalized spacial score (nSPS) is 12.3. The molecule has 0 saturated heterocycles. The molecule has 0 unspecified atom stereocenters. The SMILES string of the molecule is CN(C)S(=O)(=O)CCCCCBr. The zero-order valence-electron chi connectivity index (χ0n) is 7.59. The molecule has 74 valence electrons. The Labute approximate surface area is 83.3 Å². The molecular formula is C7H16BrNO2S. The van der Waals surface area contributed by atoms with Gasteiger partial charge in [0.05, 0.1) is 5.75 Å². The van der Waals surface area contributed by atoms with Crippen molar-refractivity contribution in [1.82, 2.24) is 4.31 Å². The van der Waals surface area contributed by atoms with Gasteiger partial charge in [0, 0.05) is 19.4 Å². The number of hydrogen-bond acceptors (Lipinski definition) is 2. The van der Waals surface area contributed by atoms with E-state index in [2.05, 4.69) is 15.9 Å². The maximum absolute atomic E-state index is 11.2. The van der Waals surface area contributed by atoms with E-state index in [-0.39, 0.29) is 5.75 Å². The first kappa shape index (κ1) is 12.4. The molecule has 0 saturated carbocycles. The third kappa shape index (κ3) is 5.11. The van der Waals surface area contributed by atoms with Gasteiger partial charge in [0.2, 0.25) is 10.0 Å². The van der Waals surface area contributed by atoms with Gasteiger partial charge in [-0.1, -0.05) is 22.4 Å². The summed E-state index contributed by atoms with van der Waals surface area (Å²) in [5, 5.41) is 0.953. The quantitative estimate of drug-likeness (QED) is 0.534. The van der Waals surface area contributed by atoms with Gasteiger partial charge in [-0.15, -0.1) is 0 Å². The molecule has 0 spiro atoms. The molecule has 0 aromatic heterocycles. The molecule has 0 aromatic rings. The van der Waals surface area contributed by atoms with Crippen LogP contribution in [0.3, 0.4) is 0 Å². The van der Waals surface area contributed by atoms with Gasteiger partial charge in [0.15, 0.2) is 0 Å². The van der Waals surface area contributed by atoms with Crippen LogP contribution in [0.4, 0.5) is 0 Å². The second kappa shape index (κ2) is 5.94. The van der Waals surface area contributed by atoms with E-state index in [1.807, 2.05) is 0 Å². The van der Waals surface area contributed by atoms with E-state index < -0.39 is 10.0 Å². The average Bonchev–Trinajstić information content (AvgIpc) is 1.98.